The lowest BCUT2D eigenvalue weighted by atomic mass is 10.1. The number of anilines is 1. The average molecular weight is 459 g/mol. The average Bonchev–Trinajstić information content (AvgIpc) is 2.70. The quantitative estimate of drug-likeness (QED) is 0.562. The Morgan fingerprint density at radius 1 is 0.857 bits per heavy atom. The Kier molecular flexibility index (Phi) is 6.61. The molecule has 7 heteroatoms. The summed E-state index contributed by atoms with van der Waals surface area (Å²) in [6, 6.07) is 23.4. The Labute approximate surface area is 173 Å². The van der Waals surface area contributed by atoms with Crippen LogP contribution >= 0.6 is 15.9 Å². The van der Waals surface area contributed by atoms with Crippen LogP contribution in [0.5, 0.6) is 0 Å². The smallest absolute Gasteiger partial charge is 0.242 e. The van der Waals surface area contributed by atoms with E-state index >= 15 is 0 Å². The van der Waals surface area contributed by atoms with E-state index in [1.807, 2.05) is 30.3 Å². The number of amides is 1. The molecule has 0 fully saturated rings. The van der Waals surface area contributed by atoms with Gasteiger partial charge in [0.05, 0.1) is 4.90 Å². The molecule has 1 atom stereocenters. The van der Waals surface area contributed by atoms with Gasteiger partial charge in [-0.25, -0.2) is 8.42 Å². The molecule has 0 aromatic heterocycles. The first kappa shape index (κ1) is 20.3. The number of hydrogen-bond acceptors (Lipinski definition) is 3. The third-order valence-corrected chi connectivity index (χ3v) is 6.08. The Hall–Kier alpha value is -2.48. The van der Waals surface area contributed by atoms with E-state index in [4.69, 9.17) is 0 Å². The van der Waals surface area contributed by atoms with Gasteiger partial charge in [-0.05, 0) is 48.4 Å². The summed E-state index contributed by atoms with van der Waals surface area (Å²) in [5.74, 6) is -0.425. The van der Waals surface area contributed by atoms with E-state index in [1.54, 1.807) is 42.5 Å². The molecule has 0 heterocycles. The van der Waals surface area contributed by atoms with Crippen LogP contribution in [0, 0.1) is 0 Å². The van der Waals surface area contributed by atoms with E-state index in [1.165, 1.54) is 12.1 Å². The number of hydrogen-bond donors (Lipinski definition) is 2. The summed E-state index contributed by atoms with van der Waals surface area (Å²) in [5, 5.41) is 2.78. The van der Waals surface area contributed by atoms with E-state index in [-0.39, 0.29) is 11.3 Å². The fourth-order valence-electron chi connectivity index (χ4n) is 2.66. The molecule has 3 aromatic carbocycles. The number of benzene rings is 3. The summed E-state index contributed by atoms with van der Waals surface area (Å²) >= 11 is 3.35. The van der Waals surface area contributed by atoms with Crippen LogP contribution in [0.15, 0.2) is 94.3 Å². The van der Waals surface area contributed by atoms with Crippen LogP contribution in [0.1, 0.15) is 5.56 Å². The molecular formula is C21H19BrN2O3S. The van der Waals surface area contributed by atoms with Gasteiger partial charge in [-0.15, -0.1) is 0 Å². The molecule has 2 N–H and O–H groups in total. The van der Waals surface area contributed by atoms with Gasteiger partial charge in [0.15, 0.2) is 0 Å². The van der Waals surface area contributed by atoms with Crippen molar-refractivity contribution in [3.05, 3.63) is 95.0 Å². The summed E-state index contributed by atoms with van der Waals surface area (Å²) in [6.07, 6.45) is 0.231. The zero-order valence-corrected chi connectivity index (χ0v) is 17.3. The molecular weight excluding hydrogens is 440 g/mol. The van der Waals surface area contributed by atoms with Crippen molar-refractivity contribution in [3.8, 4) is 0 Å². The SMILES string of the molecule is O=C(Nc1ccc(Br)cc1)[C@@H](Cc1ccccc1)NS(=O)(=O)c1ccccc1. The number of nitrogens with one attached hydrogen (secondary N) is 2. The highest BCUT2D eigenvalue weighted by molar-refractivity contribution is 9.10. The highest BCUT2D eigenvalue weighted by Crippen LogP contribution is 2.16. The second-order valence-corrected chi connectivity index (χ2v) is 8.80. The molecule has 1 amide bonds. The molecule has 0 bridgehead atoms. The van der Waals surface area contributed by atoms with Crippen molar-refractivity contribution >= 4 is 37.5 Å². The lowest BCUT2D eigenvalue weighted by Gasteiger charge is -2.19. The van der Waals surface area contributed by atoms with Gasteiger partial charge >= 0.3 is 0 Å². The number of halogens is 1. The molecule has 28 heavy (non-hydrogen) atoms. The Balaban J connectivity index is 1.84. The zero-order chi connectivity index (χ0) is 20.0. The molecule has 0 aliphatic rings. The topological polar surface area (TPSA) is 75.3 Å². The molecule has 3 rings (SSSR count). The Bertz CT molecular complexity index is 1020. The Morgan fingerprint density at radius 2 is 1.43 bits per heavy atom. The largest absolute Gasteiger partial charge is 0.325 e. The fraction of sp³-hybridized carbons (Fsp3) is 0.0952. The van der Waals surface area contributed by atoms with Crippen LogP contribution < -0.4 is 10.0 Å². The standard InChI is InChI=1S/C21H19BrN2O3S/c22-17-11-13-18(14-12-17)23-21(25)20(15-16-7-3-1-4-8-16)24-28(26,27)19-9-5-2-6-10-19/h1-14,20,24H,15H2,(H,23,25)/t20-/m1/s1. The molecule has 0 aliphatic heterocycles. The minimum Gasteiger partial charge on any atom is -0.325 e. The van der Waals surface area contributed by atoms with Gasteiger partial charge in [-0.3, -0.25) is 4.79 Å². The van der Waals surface area contributed by atoms with Gasteiger partial charge in [-0.1, -0.05) is 64.5 Å². The molecule has 5 nitrogen and oxygen atoms in total. The number of sulfonamides is 1. The van der Waals surface area contributed by atoms with Gasteiger partial charge in [0.2, 0.25) is 15.9 Å². The first-order chi connectivity index (χ1) is 13.4. The first-order valence-corrected chi connectivity index (χ1v) is 10.9. The van der Waals surface area contributed by atoms with Crippen molar-refractivity contribution in [2.24, 2.45) is 0 Å². The highest BCUT2D eigenvalue weighted by atomic mass is 79.9. The first-order valence-electron chi connectivity index (χ1n) is 8.62. The van der Waals surface area contributed by atoms with E-state index in [9.17, 15) is 13.2 Å². The minimum absolute atomic E-state index is 0.115. The maximum absolute atomic E-state index is 12.9. The molecule has 3 aromatic rings. The number of carbonyl (C=O) groups is 1. The highest BCUT2D eigenvalue weighted by Gasteiger charge is 2.26. The Morgan fingerprint density at radius 3 is 2.04 bits per heavy atom. The number of rotatable bonds is 7. The van der Waals surface area contributed by atoms with E-state index in [0.717, 1.165) is 10.0 Å². The van der Waals surface area contributed by atoms with Crippen LogP contribution in [0.3, 0.4) is 0 Å². The van der Waals surface area contributed by atoms with E-state index in [0.29, 0.717) is 5.69 Å². The molecule has 0 saturated heterocycles. The van der Waals surface area contributed by atoms with Crippen LogP contribution in [-0.2, 0) is 21.2 Å². The van der Waals surface area contributed by atoms with Crippen molar-refractivity contribution in [1.29, 1.82) is 0 Å². The minimum atomic E-state index is -3.84. The van der Waals surface area contributed by atoms with Gasteiger partial charge in [-0.2, -0.15) is 4.72 Å². The lowest BCUT2D eigenvalue weighted by molar-refractivity contribution is -0.117. The number of carbonyl (C=O) groups excluding carboxylic acids is 1. The van der Waals surface area contributed by atoms with Crippen molar-refractivity contribution in [2.45, 2.75) is 17.4 Å². The van der Waals surface area contributed by atoms with Crippen LogP contribution in [0.4, 0.5) is 5.69 Å². The van der Waals surface area contributed by atoms with Crippen LogP contribution in [0.25, 0.3) is 0 Å². The second kappa shape index (κ2) is 9.14. The van der Waals surface area contributed by atoms with Crippen LogP contribution in [-0.4, -0.2) is 20.4 Å². The molecule has 0 spiro atoms. The fourth-order valence-corrected chi connectivity index (χ4v) is 4.14. The molecule has 0 saturated carbocycles. The maximum atomic E-state index is 12.9. The summed E-state index contributed by atoms with van der Waals surface area (Å²) in [4.78, 5) is 13.0. The van der Waals surface area contributed by atoms with Crippen molar-refractivity contribution in [2.75, 3.05) is 5.32 Å². The van der Waals surface area contributed by atoms with Gasteiger partial charge in [0, 0.05) is 10.2 Å². The molecule has 0 unspecified atom stereocenters. The normalized spacial score (nSPS) is 12.3. The summed E-state index contributed by atoms with van der Waals surface area (Å²) in [7, 11) is -3.84. The van der Waals surface area contributed by atoms with Gasteiger partial charge in [0.1, 0.15) is 6.04 Å². The third kappa shape index (κ3) is 5.51. The summed E-state index contributed by atoms with van der Waals surface area (Å²) < 4.78 is 28.9. The third-order valence-electron chi connectivity index (χ3n) is 4.06. The van der Waals surface area contributed by atoms with Crippen molar-refractivity contribution < 1.29 is 13.2 Å². The van der Waals surface area contributed by atoms with Gasteiger partial charge < -0.3 is 5.32 Å². The predicted octanol–water partition coefficient (Wildman–Crippen LogP) is 3.98. The monoisotopic (exact) mass is 458 g/mol. The summed E-state index contributed by atoms with van der Waals surface area (Å²) in [5.41, 5.74) is 1.44. The zero-order valence-electron chi connectivity index (χ0n) is 14.9. The van der Waals surface area contributed by atoms with E-state index < -0.39 is 22.0 Å². The van der Waals surface area contributed by atoms with E-state index in [2.05, 4.69) is 26.0 Å². The van der Waals surface area contributed by atoms with Crippen molar-refractivity contribution in [3.63, 3.8) is 0 Å². The second-order valence-electron chi connectivity index (χ2n) is 6.17. The molecule has 0 radical (unpaired) electrons. The van der Waals surface area contributed by atoms with Crippen LogP contribution in [0.2, 0.25) is 0 Å². The molecule has 0 aliphatic carbocycles. The van der Waals surface area contributed by atoms with Crippen molar-refractivity contribution in [1.82, 2.24) is 4.72 Å². The predicted molar refractivity (Wildman–Crippen MR) is 113 cm³/mol. The maximum Gasteiger partial charge on any atom is 0.242 e. The van der Waals surface area contributed by atoms with Gasteiger partial charge in [0.25, 0.3) is 0 Å². The summed E-state index contributed by atoms with van der Waals surface area (Å²) in [6.45, 7) is 0. The lowest BCUT2D eigenvalue weighted by Crippen LogP contribution is -2.45. The molecule has 144 valence electrons.